The van der Waals surface area contributed by atoms with Crippen LogP contribution < -0.4 is 5.32 Å². The maximum absolute atomic E-state index is 11.7. The first-order chi connectivity index (χ1) is 9.25. The van der Waals surface area contributed by atoms with E-state index in [9.17, 15) is 4.79 Å². The molecule has 1 amide bonds. The maximum Gasteiger partial charge on any atom is 0.250 e. The van der Waals surface area contributed by atoms with Crippen molar-refractivity contribution < 1.29 is 9.21 Å². The standard InChI is InChI=1S/C14H18N2O2S/c17-13(8-7-12-6-5-11-18-12)15-14(19)16-9-3-1-2-4-10-16/h5-8,11H,1-4,9-10H2,(H,15,17,19). The number of nitrogens with one attached hydrogen (secondary N) is 1. The minimum absolute atomic E-state index is 0.217. The maximum atomic E-state index is 11.7. The zero-order valence-electron chi connectivity index (χ0n) is 10.8. The molecule has 5 heteroatoms. The molecule has 0 saturated carbocycles. The molecule has 1 aromatic heterocycles. The average molecular weight is 278 g/mol. The number of thiocarbonyl (C=S) groups is 1. The SMILES string of the molecule is O=C(C=Cc1ccco1)NC(=S)N1CCCCCC1. The van der Waals surface area contributed by atoms with Crippen molar-refractivity contribution in [3.63, 3.8) is 0 Å². The zero-order chi connectivity index (χ0) is 13.5. The first kappa shape index (κ1) is 13.8. The highest BCUT2D eigenvalue weighted by Crippen LogP contribution is 2.09. The molecule has 0 aliphatic carbocycles. The minimum Gasteiger partial charge on any atom is -0.465 e. The number of nitrogens with zero attached hydrogens (tertiary/aromatic N) is 1. The van der Waals surface area contributed by atoms with Gasteiger partial charge in [-0.3, -0.25) is 10.1 Å². The predicted octanol–water partition coefficient (Wildman–Crippen LogP) is 2.57. The van der Waals surface area contributed by atoms with Crippen LogP contribution in [0.3, 0.4) is 0 Å². The van der Waals surface area contributed by atoms with Gasteiger partial charge in [0.1, 0.15) is 5.76 Å². The molecule has 0 radical (unpaired) electrons. The van der Waals surface area contributed by atoms with Gasteiger partial charge in [0.25, 0.3) is 0 Å². The first-order valence-corrected chi connectivity index (χ1v) is 6.98. The summed E-state index contributed by atoms with van der Waals surface area (Å²) >= 11 is 5.26. The van der Waals surface area contributed by atoms with Crippen molar-refractivity contribution in [2.24, 2.45) is 0 Å². The molecule has 102 valence electrons. The predicted molar refractivity (Wildman–Crippen MR) is 78.5 cm³/mol. The zero-order valence-corrected chi connectivity index (χ0v) is 11.6. The van der Waals surface area contributed by atoms with Crippen molar-refractivity contribution in [1.82, 2.24) is 10.2 Å². The third-order valence-corrected chi connectivity index (χ3v) is 3.43. The van der Waals surface area contributed by atoms with Gasteiger partial charge in [0.2, 0.25) is 5.91 Å². The van der Waals surface area contributed by atoms with E-state index in [2.05, 4.69) is 10.2 Å². The van der Waals surface area contributed by atoms with E-state index in [-0.39, 0.29) is 5.91 Å². The molecule has 1 aliphatic rings. The van der Waals surface area contributed by atoms with Crippen LogP contribution in [0.2, 0.25) is 0 Å². The molecular weight excluding hydrogens is 260 g/mol. The molecule has 1 fully saturated rings. The van der Waals surface area contributed by atoms with E-state index in [1.54, 1.807) is 24.5 Å². The number of rotatable bonds is 2. The summed E-state index contributed by atoms with van der Waals surface area (Å²) in [5.41, 5.74) is 0. The van der Waals surface area contributed by atoms with Crippen LogP contribution in [-0.4, -0.2) is 29.0 Å². The number of carbonyl (C=O) groups is 1. The van der Waals surface area contributed by atoms with Crippen LogP contribution >= 0.6 is 12.2 Å². The van der Waals surface area contributed by atoms with E-state index >= 15 is 0 Å². The van der Waals surface area contributed by atoms with Crippen molar-refractivity contribution in [3.05, 3.63) is 30.2 Å². The quantitative estimate of drug-likeness (QED) is 0.667. The summed E-state index contributed by atoms with van der Waals surface area (Å²) < 4.78 is 5.11. The van der Waals surface area contributed by atoms with Crippen molar-refractivity contribution in [3.8, 4) is 0 Å². The molecule has 1 N–H and O–H groups in total. The Hall–Kier alpha value is -1.62. The Bertz CT molecular complexity index is 446. The number of hydrogen-bond acceptors (Lipinski definition) is 3. The highest BCUT2D eigenvalue weighted by atomic mass is 32.1. The van der Waals surface area contributed by atoms with Gasteiger partial charge < -0.3 is 9.32 Å². The fourth-order valence-electron chi connectivity index (χ4n) is 2.04. The summed E-state index contributed by atoms with van der Waals surface area (Å²) in [6.45, 7) is 1.86. The molecule has 2 rings (SSSR count). The second-order valence-electron chi connectivity index (χ2n) is 4.54. The summed E-state index contributed by atoms with van der Waals surface area (Å²) in [6, 6.07) is 3.57. The molecule has 0 bridgehead atoms. The highest BCUT2D eigenvalue weighted by Gasteiger charge is 2.13. The van der Waals surface area contributed by atoms with E-state index in [4.69, 9.17) is 16.6 Å². The highest BCUT2D eigenvalue weighted by molar-refractivity contribution is 7.80. The topological polar surface area (TPSA) is 45.5 Å². The molecule has 1 saturated heterocycles. The van der Waals surface area contributed by atoms with Gasteiger partial charge in [0, 0.05) is 19.2 Å². The Kier molecular flexibility index (Phi) is 5.15. The smallest absolute Gasteiger partial charge is 0.250 e. The monoisotopic (exact) mass is 278 g/mol. The Morgan fingerprint density at radius 1 is 1.32 bits per heavy atom. The van der Waals surface area contributed by atoms with Crippen molar-refractivity contribution >= 4 is 29.3 Å². The molecule has 2 heterocycles. The first-order valence-electron chi connectivity index (χ1n) is 6.57. The molecule has 4 nitrogen and oxygen atoms in total. The van der Waals surface area contributed by atoms with Crippen LogP contribution in [0.1, 0.15) is 31.4 Å². The van der Waals surface area contributed by atoms with E-state index in [0.29, 0.717) is 10.9 Å². The normalized spacial score (nSPS) is 16.3. The summed E-state index contributed by atoms with van der Waals surface area (Å²) in [5.74, 6) is 0.432. The van der Waals surface area contributed by atoms with Crippen molar-refractivity contribution in [2.75, 3.05) is 13.1 Å². The van der Waals surface area contributed by atoms with E-state index in [1.165, 1.54) is 18.9 Å². The van der Waals surface area contributed by atoms with Gasteiger partial charge in [-0.15, -0.1) is 0 Å². The summed E-state index contributed by atoms with van der Waals surface area (Å²) in [6.07, 6.45) is 9.39. The summed E-state index contributed by atoms with van der Waals surface area (Å²) in [5, 5.41) is 3.25. The van der Waals surface area contributed by atoms with Crippen LogP contribution in [-0.2, 0) is 4.79 Å². The Labute approximate surface area is 118 Å². The number of carbonyl (C=O) groups excluding carboxylic acids is 1. The lowest BCUT2D eigenvalue weighted by molar-refractivity contribution is -0.115. The van der Waals surface area contributed by atoms with Gasteiger partial charge >= 0.3 is 0 Å². The molecule has 1 aromatic rings. The molecule has 0 spiro atoms. The van der Waals surface area contributed by atoms with Crippen molar-refractivity contribution in [1.29, 1.82) is 0 Å². The Morgan fingerprint density at radius 3 is 2.68 bits per heavy atom. The number of hydrogen-bond donors (Lipinski definition) is 1. The van der Waals surface area contributed by atoms with Crippen LogP contribution in [0.15, 0.2) is 28.9 Å². The van der Waals surface area contributed by atoms with Crippen LogP contribution in [0.25, 0.3) is 6.08 Å². The average Bonchev–Trinajstić information content (AvgIpc) is 2.76. The fraction of sp³-hybridized carbons (Fsp3) is 0.429. The molecule has 1 aliphatic heterocycles. The molecule has 0 unspecified atom stereocenters. The second kappa shape index (κ2) is 7.09. The van der Waals surface area contributed by atoms with Crippen LogP contribution in [0.4, 0.5) is 0 Å². The third-order valence-electron chi connectivity index (χ3n) is 3.07. The van der Waals surface area contributed by atoms with Gasteiger partial charge in [0.05, 0.1) is 6.26 Å². The van der Waals surface area contributed by atoms with Crippen LogP contribution in [0.5, 0.6) is 0 Å². The van der Waals surface area contributed by atoms with E-state index in [0.717, 1.165) is 25.9 Å². The van der Waals surface area contributed by atoms with Gasteiger partial charge in [0.15, 0.2) is 5.11 Å². The number of furan rings is 1. The van der Waals surface area contributed by atoms with Gasteiger partial charge in [-0.25, -0.2) is 0 Å². The lowest BCUT2D eigenvalue weighted by Crippen LogP contribution is -2.42. The largest absolute Gasteiger partial charge is 0.465 e. The van der Waals surface area contributed by atoms with Gasteiger partial charge in [-0.2, -0.15) is 0 Å². The molecule has 19 heavy (non-hydrogen) atoms. The van der Waals surface area contributed by atoms with Gasteiger partial charge in [-0.1, -0.05) is 12.8 Å². The Balaban J connectivity index is 1.82. The molecular formula is C14H18N2O2S. The Morgan fingerprint density at radius 2 is 2.05 bits per heavy atom. The molecule has 0 atom stereocenters. The minimum atomic E-state index is -0.217. The van der Waals surface area contributed by atoms with Gasteiger partial charge in [-0.05, 0) is 43.3 Å². The van der Waals surface area contributed by atoms with Crippen molar-refractivity contribution in [2.45, 2.75) is 25.7 Å². The van der Waals surface area contributed by atoms with E-state index in [1.807, 2.05) is 0 Å². The van der Waals surface area contributed by atoms with Crippen LogP contribution in [0, 0.1) is 0 Å². The second-order valence-corrected chi connectivity index (χ2v) is 4.93. The van der Waals surface area contributed by atoms with E-state index < -0.39 is 0 Å². The lowest BCUT2D eigenvalue weighted by Gasteiger charge is -2.22. The fourth-order valence-corrected chi connectivity index (χ4v) is 2.33. The number of amides is 1. The third kappa shape index (κ3) is 4.52. The summed E-state index contributed by atoms with van der Waals surface area (Å²) in [4.78, 5) is 13.8. The summed E-state index contributed by atoms with van der Waals surface area (Å²) in [7, 11) is 0. The lowest BCUT2D eigenvalue weighted by atomic mass is 10.2. The molecule has 0 aromatic carbocycles. The number of likely N-dealkylation sites (tertiary alicyclic amines) is 1.